The van der Waals surface area contributed by atoms with E-state index in [9.17, 15) is 20.0 Å². The highest BCUT2D eigenvalue weighted by atomic mass is 16.7. The number of imide groups is 1. The van der Waals surface area contributed by atoms with Crippen LogP contribution in [-0.2, 0) is 42.4 Å². The monoisotopic (exact) mass is 971 g/mol. The maximum Gasteiger partial charge on any atom is 0.421 e. The summed E-state index contributed by atoms with van der Waals surface area (Å²) in [6.45, 7) is 1.39. The largest absolute Gasteiger partial charge is 0.491 e. The Morgan fingerprint density at radius 1 is 0.750 bits per heavy atom. The number of non-ortho nitro benzene ring substituents is 1. The average molecular weight is 972 g/mol. The number of benzene rings is 6. The molecule has 6 aromatic carbocycles. The zero-order valence-electron chi connectivity index (χ0n) is 38.9. The van der Waals surface area contributed by atoms with Crippen molar-refractivity contribution < 1.29 is 52.9 Å². The quantitative estimate of drug-likeness (QED) is 0.0746. The SMILES string of the molecule is O=C1O[C@@H](c2ccccc2)[C@@H](c2ccccc2)N2[C@@H](c3ccccc3OCCO)[C@]3(C(=O)N(C(=O)OCc4ccc([N+](=O)[O-])cc4)c4ccccc43)[C@@H](C(=O)N3CCN(Cc4ccc5c(c4)OCO5)CC3)[C@H]12. The second-order valence-electron chi connectivity index (χ2n) is 18.3. The molecule has 366 valence electrons. The van der Waals surface area contributed by atoms with Crippen molar-refractivity contribution in [1.29, 1.82) is 0 Å². The number of carbonyl (C=O) groups excluding carboxylic acids is 4. The molecule has 11 rings (SSSR count). The second kappa shape index (κ2) is 19.2. The number of rotatable bonds is 12. The van der Waals surface area contributed by atoms with Crippen molar-refractivity contribution in [2.45, 2.75) is 42.8 Å². The van der Waals surface area contributed by atoms with Gasteiger partial charge in [-0.25, -0.2) is 9.69 Å². The molecule has 17 heteroatoms. The summed E-state index contributed by atoms with van der Waals surface area (Å²) in [5.41, 5.74) is 1.58. The Bertz CT molecular complexity index is 3040. The predicted octanol–water partition coefficient (Wildman–Crippen LogP) is 7.04. The van der Waals surface area contributed by atoms with E-state index >= 15 is 14.4 Å². The standard InChI is InChI=1S/C55H49N5O12/c61-29-30-68-43-18-10-7-15-40(43)50-55(41-16-8-9-17-42(41)58(53(55)64)54(65)69-33-35-19-22-39(23-20-35)60(66)67)46(51(62)57-27-25-56(26-28-57)32-36-21-24-44-45(31-36)71-34-70-44)48-52(63)72-49(38-13-5-2-6-14-38)47(59(48)50)37-11-3-1-4-12-37/h1-24,31,46-50,61H,25-30,32-34H2/t46-,47-,48-,49+,50+,55-/m1/s1. The predicted molar refractivity (Wildman–Crippen MR) is 259 cm³/mol. The van der Waals surface area contributed by atoms with E-state index in [1.807, 2.05) is 83.8 Å². The average Bonchev–Trinajstić information content (AvgIpc) is 4.09. The number of para-hydroxylation sites is 2. The van der Waals surface area contributed by atoms with Gasteiger partial charge in [0, 0.05) is 50.4 Å². The second-order valence-corrected chi connectivity index (χ2v) is 18.3. The lowest BCUT2D eigenvalue weighted by Crippen LogP contribution is -2.59. The molecule has 6 aromatic rings. The topological polar surface area (TPSA) is 191 Å². The Morgan fingerprint density at radius 2 is 1.42 bits per heavy atom. The summed E-state index contributed by atoms with van der Waals surface area (Å²) < 4.78 is 30.0. The first-order valence-electron chi connectivity index (χ1n) is 23.8. The van der Waals surface area contributed by atoms with Gasteiger partial charge in [0.1, 0.15) is 36.5 Å². The Labute approximate surface area is 413 Å². The lowest BCUT2D eigenvalue weighted by molar-refractivity contribution is -0.384. The van der Waals surface area contributed by atoms with Crippen molar-refractivity contribution in [3.63, 3.8) is 0 Å². The molecule has 17 nitrogen and oxygen atoms in total. The van der Waals surface area contributed by atoms with Gasteiger partial charge >= 0.3 is 12.1 Å². The first-order valence-corrected chi connectivity index (χ1v) is 23.8. The number of ether oxygens (including phenoxy) is 5. The maximum atomic E-state index is 16.5. The van der Waals surface area contributed by atoms with Gasteiger partial charge in [0.15, 0.2) is 11.5 Å². The highest BCUT2D eigenvalue weighted by molar-refractivity contribution is 6.23. The van der Waals surface area contributed by atoms with Gasteiger partial charge in [0.05, 0.1) is 35.2 Å². The molecule has 0 aliphatic carbocycles. The van der Waals surface area contributed by atoms with Crippen molar-refractivity contribution in [2.75, 3.05) is 51.1 Å². The molecule has 72 heavy (non-hydrogen) atoms. The van der Waals surface area contributed by atoms with Gasteiger partial charge in [-0.1, -0.05) is 103 Å². The van der Waals surface area contributed by atoms with Gasteiger partial charge in [-0.15, -0.1) is 0 Å². The van der Waals surface area contributed by atoms with E-state index in [0.29, 0.717) is 59.1 Å². The summed E-state index contributed by atoms with van der Waals surface area (Å²) in [7, 11) is 0. The third-order valence-electron chi connectivity index (χ3n) is 14.4. The molecule has 3 amide bonds. The lowest BCUT2D eigenvalue weighted by atomic mass is 9.65. The van der Waals surface area contributed by atoms with Crippen molar-refractivity contribution in [3.8, 4) is 17.2 Å². The zero-order chi connectivity index (χ0) is 49.5. The van der Waals surface area contributed by atoms with Crippen LogP contribution in [0, 0.1) is 16.0 Å². The van der Waals surface area contributed by atoms with Crippen molar-refractivity contribution in [2.24, 2.45) is 5.92 Å². The molecule has 5 aliphatic rings. The molecule has 0 radical (unpaired) electrons. The Hall–Kier alpha value is -8.12. The summed E-state index contributed by atoms with van der Waals surface area (Å²) in [6, 6.07) is 40.5. The summed E-state index contributed by atoms with van der Waals surface area (Å²) in [6.07, 6.45) is -1.99. The number of nitrogens with zero attached hydrogens (tertiary/aromatic N) is 5. The molecule has 5 heterocycles. The van der Waals surface area contributed by atoms with E-state index < -0.39 is 64.4 Å². The fourth-order valence-corrected chi connectivity index (χ4v) is 11.3. The zero-order valence-corrected chi connectivity index (χ0v) is 38.9. The van der Waals surface area contributed by atoms with Crippen molar-refractivity contribution in [3.05, 3.63) is 195 Å². The van der Waals surface area contributed by atoms with Gasteiger partial charge in [0.2, 0.25) is 18.6 Å². The summed E-state index contributed by atoms with van der Waals surface area (Å²) in [5, 5.41) is 21.5. The number of amides is 3. The minimum absolute atomic E-state index is 0.110. The van der Waals surface area contributed by atoms with E-state index in [-0.39, 0.29) is 51.1 Å². The van der Waals surface area contributed by atoms with Crippen LogP contribution in [0.1, 0.15) is 51.6 Å². The van der Waals surface area contributed by atoms with Crippen LogP contribution in [0.2, 0.25) is 0 Å². The van der Waals surface area contributed by atoms with Crippen LogP contribution in [0.15, 0.2) is 152 Å². The fraction of sp³-hybridized carbons (Fsp3) is 0.273. The number of aliphatic hydroxyl groups is 1. The number of piperazine rings is 1. The number of esters is 1. The van der Waals surface area contributed by atoms with Crippen LogP contribution >= 0.6 is 0 Å². The van der Waals surface area contributed by atoms with Crippen LogP contribution < -0.4 is 19.1 Å². The van der Waals surface area contributed by atoms with E-state index in [1.54, 1.807) is 53.4 Å². The number of aliphatic hydroxyl groups excluding tert-OH is 1. The minimum atomic E-state index is -2.04. The Kier molecular flexibility index (Phi) is 12.4. The Morgan fingerprint density at radius 3 is 2.15 bits per heavy atom. The molecule has 5 aliphatic heterocycles. The maximum absolute atomic E-state index is 16.5. The molecular formula is C55H49N5O12. The molecule has 6 atom stereocenters. The molecular weight excluding hydrogens is 923 g/mol. The molecule has 0 aromatic heterocycles. The van der Waals surface area contributed by atoms with Crippen LogP contribution in [0.25, 0.3) is 0 Å². The number of anilines is 1. The van der Waals surface area contributed by atoms with Gasteiger partial charge in [-0.3, -0.25) is 34.3 Å². The minimum Gasteiger partial charge on any atom is -0.491 e. The van der Waals surface area contributed by atoms with Gasteiger partial charge in [-0.2, -0.15) is 0 Å². The van der Waals surface area contributed by atoms with E-state index in [2.05, 4.69) is 4.90 Å². The van der Waals surface area contributed by atoms with Gasteiger partial charge in [-0.05, 0) is 64.2 Å². The van der Waals surface area contributed by atoms with Crippen LogP contribution in [-0.4, -0.2) is 101 Å². The van der Waals surface area contributed by atoms with Gasteiger partial charge in [0.25, 0.3) is 5.69 Å². The molecule has 1 N–H and O–H groups in total. The van der Waals surface area contributed by atoms with Crippen molar-refractivity contribution >= 4 is 35.3 Å². The highest BCUT2D eigenvalue weighted by Gasteiger charge is 2.76. The molecule has 0 saturated carbocycles. The normalized spacial score (nSPS) is 23.4. The molecule has 1 spiro atoms. The van der Waals surface area contributed by atoms with Crippen molar-refractivity contribution in [1.82, 2.24) is 14.7 Å². The molecule has 3 saturated heterocycles. The fourth-order valence-electron chi connectivity index (χ4n) is 11.3. The third kappa shape index (κ3) is 7.95. The Balaban J connectivity index is 1.07. The van der Waals surface area contributed by atoms with E-state index in [1.165, 1.54) is 24.3 Å². The number of morpholine rings is 1. The summed E-state index contributed by atoms with van der Waals surface area (Å²) >= 11 is 0. The van der Waals surface area contributed by atoms with E-state index in [0.717, 1.165) is 16.0 Å². The first-order chi connectivity index (χ1) is 35.2. The summed E-state index contributed by atoms with van der Waals surface area (Å²) in [4.78, 5) is 80.8. The number of cyclic esters (lactones) is 1. The number of fused-ring (bicyclic) bond motifs is 4. The number of nitro benzene ring substituents is 1. The highest BCUT2D eigenvalue weighted by Crippen LogP contribution is 2.67. The number of hydrogen-bond acceptors (Lipinski definition) is 14. The third-order valence-corrected chi connectivity index (χ3v) is 14.4. The molecule has 0 unspecified atom stereocenters. The first kappa shape index (κ1) is 46.3. The lowest BCUT2D eigenvalue weighted by Gasteiger charge is -2.46. The van der Waals surface area contributed by atoms with Gasteiger partial charge < -0.3 is 33.7 Å². The van der Waals surface area contributed by atoms with Crippen LogP contribution in [0.4, 0.5) is 16.2 Å². The molecule has 0 bridgehead atoms. The van der Waals surface area contributed by atoms with Crippen LogP contribution in [0.5, 0.6) is 17.2 Å². The van der Waals surface area contributed by atoms with Crippen LogP contribution in [0.3, 0.4) is 0 Å². The smallest absolute Gasteiger partial charge is 0.421 e. The van der Waals surface area contributed by atoms with E-state index in [4.69, 9.17) is 23.7 Å². The summed E-state index contributed by atoms with van der Waals surface area (Å²) in [5.74, 6) is -1.85. The molecule has 3 fully saturated rings. The number of nitro groups is 1. The number of carbonyl (C=O) groups is 4. The number of hydrogen-bond donors (Lipinski definition) is 1.